The number of rotatable bonds is 8. The normalized spacial score (nSPS) is 29.9. The van der Waals surface area contributed by atoms with Gasteiger partial charge < -0.3 is 19.7 Å². The van der Waals surface area contributed by atoms with Crippen LogP contribution in [0.15, 0.2) is 114 Å². The Hall–Kier alpha value is -3.84. The minimum absolute atomic E-state index is 0.0189. The second-order valence-electron chi connectivity index (χ2n) is 14.9. The molecule has 6 heteroatoms. The fourth-order valence-corrected chi connectivity index (χ4v) is 8.82. The number of ketones is 1. The van der Waals surface area contributed by atoms with E-state index in [2.05, 4.69) is 56.3 Å². The summed E-state index contributed by atoms with van der Waals surface area (Å²) in [6.07, 6.45) is 5.34. The molecule has 6 rings (SSSR count). The SMILES string of the molecule is CC(=O)OC[C@H]1[C@@H]2C=C(COC(c3ccccc3)(c3ccccc3)c3ccccc3)C[C@]3(O)C(=O)C(C)=C[C@H]3[C@@]2(O)[C@H](C)CCC1(C)C. The monoisotopic (exact) mass is 648 g/mol. The molecule has 3 aliphatic carbocycles. The molecule has 0 bridgehead atoms. The lowest BCUT2D eigenvalue weighted by molar-refractivity contribution is -0.169. The molecule has 1 fully saturated rings. The number of Topliss-reactive ketones (excluding diaryl/α,β-unsaturated/α-hetero) is 1. The number of hydrogen-bond donors (Lipinski definition) is 2. The first-order chi connectivity index (χ1) is 22.8. The molecule has 0 aromatic heterocycles. The van der Waals surface area contributed by atoms with Crippen molar-refractivity contribution in [2.75, 3.05) is 13.2 Å². The molecule has 0 amide bonds. The van der Waals surface area contributed by atoms with Crippen LogP contribution in [0, 0.1) is 29.1 Å². The van der Waals surface area contributed by atoms with E-state index in [4.69, 9.17) is 9.47 Å². The molecule has 0 saturated heterocycles. The van der Waals surface area contributed by atoms with Crippen LogP contribution in [0.2, 0.25) is 0 Å². The molecule has 0 spiro atoms. The van der Waals surface area contributed by atoms with Crippen molar-refractivity contribution in [1.29, 1.82) is 0 Å². The quantitative estimate of drug-likeness (QED) is 0.153. The van der Waals surface area contributed by atoms with E-state index < -0.39 is 28.6 Å². The van der Waals surface area contributed by atoms with Crippen molar-refractivity contribution in [1.82, 2.24) is 0 Å². The highest BCUT2D eigenvalue weighted by Crippen LogP contribution is 2.58. The van der Waals surface area contributed by atoms with E-state index in [0.29, 0.717) is 12.0 Å². The van der Waals surface area contributed by atoms with Gasteiger partial charge in [-0.25, -0.2) is 0 Å². The zero-order valence-corrected chi connectivity index (χ0v) is 28.7. The molecule has 0 heterocycles. The number of fused-ring (bicyclic) bond motifs is 3. The molecular formula is C42H48O6. The molecular weight excluding hydrogens is 600 g/mol. The Bertz CT molecular complexity index is 1600. The van der Waals surface area contributed by atoms with Crippen LogP contribution in [0.3, 0.4) is 0 Å². The third-order valence-electron chi connectivity index (χ3n) is 11.6. The van der Waals surface area contributed by atoms with Crippen LogP contribution in [0.4, 0.5) is 0 Å². The first-order valence-corrected chi connectivity index (χ1v) is 17.2. The molecule has 3 aliphatic rings. The Labute approximate surface area is 284 Å². The molecule has 3 aromatic rings. The molecule has 6 atom stereocenters. The molecule has 252 valence electrons. The summed E-state index contributed by atoms with van der Waals surface area (Å²) in [5, 5.41) is 25.5. The summed E-state index contributed by atoms with van der Waals surface area (Å²) in [6.45, 7) is 9.67. The van der Waals surface area contributed by atoms with Gasteiger partial charge in [-0.15, -0.1) is 0 Å². The van der Waals surface area contributed by atoms with Crippen molar-refractivity contribution in [2.45, 2.75) is 70.7 Å². The second-order valence-corrected chi connectivity index (χ2v) is 14.9. The van der Waals surface area contributed by atoms with Gasteiger partial charge in [0.2, 0.25) is 0 Å². The van der Waals surface area contributed by atoms with Crippen molar-refractivity contribution < 1.29 is 29.3 Å². The molecule has 2 N–H and O–H groups in total. The first-order valence-electron chi connectivity index (χ1n) is 17.2. The maximum atomic E-state index is 13.9. The largest absolute Gasteiger partial charge is 0.466 e. The Morgan fingerprint density at radius 1 is 0.875 bits per heavy atom. The van der Waals surface area contributed by atoms with Gasteiger partial charge in [-0.3, -0.25) is 9.59 Å². The number of carbonyl (C=O) groups is 2. The number of carbonyl (C=O) groups excluding carboxylic acids is 2. The molecule has 3 aromatic carbocycles. The number of ether oxygens (including phenoxy) is 2. The van der Waals surface area contributed by atoms with Gasteiger partial charge in [0, 0.05) is 31.1 Å². The third-order valence-corrected chi connectivity index (χ3v) is 11.6. The van der Waals surface area contributed by atoms with Gasteiger partial charge in [-0.05, 0) is 58.9 Å². The van der Waals surface area contributed by atoms with E-state index in [9.17, 15) is 19.8 Å². The lowest BCUT2D eigenvalue weighted by atomic mass is 9.61. The van der Waals surface area contributed by atoms with Crippen molar-refractivity contribution in [2.24, 2.45) is 29.1 Å². The van der Waals surface area contributed by atoms with Crippen LogP contribution in [0.25, 0.3) is 0 Å². The predicted octanol–water partition coefficient (Wildman–Crippen LogP) is 7.18. The summed E-state index contributed by atoms with van der Waals surface area (Å²) in [6, 6.07) is 30.3. The van der Waals surface area contributed by atoms with Crippen LogP contribution in [0.5, 0.6) is 0 Å². The van der Waals surface area contributed by atoms with Gasteiger partial charge in [0.05, 0.1) is 18.8 Å². The Kier molecular flexibility index (Phi) is 9.14. The lowest BCUT2D eigenvalue weighted by Gasteiger charge is -2.48. The van der Waals surface area contributed by atoms with Crippen molar-refractivity contribution in [3.8, 4) is 0 Å². The minimum atomic E-state index is -1.84. The fraction of sp³-hybridized carbons (Fsp3) is 0.429. The third kappa shape index (κ3) is 5.68. The topological polar surface area (TPSA) is 93.1 Å². The van der Waals surface area contributed by atoms with E-state index in [1.165, 1.54) is 6.92 Å². The average molecular weight is 649 g/mol. The summed E-state index contributed by atoms with van der Waals surface area (Å²) in [7, 11) is 0. The van der Waals surface area contributed by atoms with Gasteiger partial charge in [0.1, 0.15) is 11.2 Å². The highest BCUT2D eigenvalue weighted by atomic mass is 16.5. The van der Waals surface area contributed by atoms with Gasteiger partial charge in [-0.1, -0.05) is 124 Å². The van der Waals surface area contributed by atoms with E-state index in [0.717, 1.165) is 28.7 Å². The van der Waals surface area contributed by atoms with Crippen LogP contribution in [-0.2, 0) is 24.7 Å². The first kappa shape index (κ1) is 34.0. The van der Waals surface area contributed by atoms with Crippen molar-refractivity contribution in [3.63, 3.8) is 0 Å². The smallest absolute Gasteiger partial charge is 0.302 e. The summed E-state index contributed by atoms with van der Waals surface area (Å²) in [5.74, 6) is -2.63. The summed E-state index contributed by atoms with van der Waals surface area (Å²) < 4.78 is 12.9. The maximum Gasteiger partial charge on any atom is 0.302 e. The van der Waals surface area contributed by atoms with Gasteiger partial charge in [0.25, 0.3) is 0 Å². The van der Waals surface area contributed by atoms with E-state index in [1.54, 1.807) is 13.0 Å². The van der Waals surface area contributed by atoms with E-state index in [1.807, 2.05) is 61.5 Å². The van der Waals surface area contributed by atoms with Crippen LogP contribution in [0.1, 0.15) is 70.6 Å². The highest BCUT2D eigenvalue weighted by molar-refractivity contribution is 6.04. The summed E-state index contributed by atoms with van der Waals surface area (Å²) in [5.41, 5.74) is -0.641. The fourth-order valence-electron chi connectivity index (χ4n) is 8.82. The Morgan fingerprint density at radius 2 is 1.40 bits per heavy atom. The molecule has 6 nitrogen and oxygen atoms in total. The number of aliphatic hydroxyl groups is 2. The number of esters is 1. The van der Waals surface area contributed by atoms with Crippen molar-refractivity contribution >= 4 is 11.8 Å². The summed E-state index contributed by atoms with van der Waals surface area (Å²) in [4.78, 5) is 26.0. The Morgan fingerprint density at radius 3 is 1.90 bits per heavy atom. The minimum Gasteiger partial charge on any atom is -0.466 e. The van der Waals surface area contributed by atoms with E-state index >= 15 is 0 Å². The number of hydrogen-bond acceptors (Lipinski definition) is 6. The molecule has 0 unspecified atom stereocenters. The zero-order valence-electron chi connectivity index (χ0n) is 28.7. The lowest BCUT2D eigenvalue weighted by Crippen LogP contribution is -2.59. The standard InChI is InChI=1S/C42H48O6/c1-28-23-37-40(45,38(28)44)25-31(24-35-36(27-47-30(3)43)39(4,5)22-21-29(2)41(35,37)46)26-48-42(32-15-9-6-10-16-32,33-17-11-7-12-18-33)34-19-13-8-14-20-34/h6-20,23-24,29,35-37,45-46H,21-22,25-27H2,1-5H3/t29-,35+,36+,37-,40-,41-/m1/s1. The predicted molar refractivity (Wildman–Crippen MR) is 186 cm³/mol. The second kappa shape index (κ2) is 12.9. The molecule has 1 saturated carbocycles. The zero-order chi connectivity index (χ0) is 34.3. The van der Waals surface area contributed by atoms with E-state index in [-0.39, 0.29) is 48.6 Å². The van der Waals surface area contributed by atoms with Gasteiger partial charge in [-0.2, -0.15) is 0 Å². The average Bonchev–Trinajstić information content (AvgIpc) is 3.21. The molecule has 0 aliphatic heterocycles. The van der Waals surface area contributed by atoms with Crippen LogP contribution >= 0.6 is 0 Å². The van der Waals surface area contributed by atoms with Crippen LogP contribution < -0.4 is 0 Å². The highest BCUT2D eigenvalue weighted by Gasteiger charge is 2.64. The van der Waals surface area contributed by atoms with Gasteiger partial charge in [0.15, 0.2) is 5.78 Å². The van der Waals surface area contributed by atoms with Crippen molar-refractivity contribution in [3.05, 3.63) is 131 Å². The maximum absolute atomic E-state index is 13.9. The molecule has 48 heavy (non-hydrogen) atoms. The van der Waals surface area contributed by atoms with Gasteiger partial charge >= 0.3 is 5.97 Å². The van der Waals surface area contributed by atoms with Crippen LogP contribution in [-0.4, -0.2) is 46.4 Å². The Balaban J connectivity index is 1.53. The number of benzene rings is 3. The molecule has 0 radical (unpaired) electrons. The summed E-state index contributed by atoms with van der Waals surface area (Å²) >= 11 is 0.